The van der Waals surface area contributed by atoms with Crippen LogP contribution in [0.25, 0.3) is 10.9 Å². The summed E-state index contributed by atoms with van der Waals surface area (Å²) in [5.74, 6) is 0.297. The summed E-state index contributed by atoms with van der Waals surface area (Å²) in [5, 5.41) is 0.879. The second-order valence-corrected chi connectivity index (χ2v) is 10.1. The minimum atomic E-state index is -3.78. The quantitative estimate of drug-likeness (QED) is 0.443. The van der Waals surface area contributed by atoms with E-state index in [9.17, 15) is 13.2 Å². The molecule has 0 bridgehead atoms. The fourth-order valence-corrected chi connectivity index (χ4v) is 5.33. The van der Waals surface area contributed by atoms with Gasteiger partial charge in [-0.1, -0.05) is 55.5 Å². The van der Waals surface area contributed by atoms with Gasteiger partial charge in [-0.3, -0.25) is 4.79 Å². The first kappa shape index (κ1) is 23.4. The van der Waals surface area contributed by atoms with E-state index in [1.165, 1.54) is 4.31 Å². The normalized spacial score (nSPS) is 13.1. The van der Waals surface area contributed by atoms with Crippen LogP contribution in [0.4, 0.5) is 0 Å². The van der Waals surface area contributed by atoms with Gasteiger partial charge in [0.05, 0.1) is 21.8 Å². The topological polar surface area (TPSA) is 83.1 Å². The molecule has 8 heteroatoms. The van der Waals surface area contributed by atoms with Crippen molar-refractivity contribution in [3.63, 3.8) is 0 Å². The van der Waals surface area contributed by atoms with Gasteiger partial charge in [0.15, 0.2) is 0 Å². The lowest BCUT2D eigenvalue weighted by Gasteiger charge is -2.28. The van der Waals surface area contributed by atoms with Crippen molar-refractivity contribution in [1.29, 1.82) is 0 Å². The predicted molar refractivity (Wildman–Crippen MR) is 125 cm³/mol. The molecule has 1 N–H and O–H groups in total. The maximum absolute atomic E-state index is 13.5. The highest BCUT2D eigenvalue weighted by Crippen LogP contribution is 2.27. The Balaban J connectivity index is 2.03. The molecule has 0 fully saturated rings. The molecule has 6 nitrogen and oxygen atoms in total. The van der Waals surface area contributed by atoms with Crippen LogP contribution in [0.15, 0.2) is 52.2 Å². The molecule has 0 aliphatic rings. The monoisotopic (exact) mass is 461 g/mol. The Morgan fingerprint density at radius 1 is 1.10 bits per heavy atom. The number of nitrogens with zero attached hydrogens (tertiary/aromatic N) is 2. The molecule has 0 radical (unpaired) electrons. The van der Waals surface area contributed by atoms with Crippen molar-refractivity contribution in [2.75, 3.05) is 6.54 Å². The molecule has 3 rings (SSSR count). The van der Waals surface area contributed by atoms with Crippen LogP contribution in [0.3, 0.4) is 0 Å². The molecular formula is C23H28ClN3O3S. The number of benzene rings is 2. The van der Waals surface area contributed by atoms with Crippen molar-refractivity contribution < 1.29 is 8.42 Å². The summed E-state index contributed by atoms with van der Waals surface area (Å²) < 4.78 is 28.5. The van der Waals surface area contributed by atoms with Crippen LogP contribution in [-0.4, -0.2) is 29.2 Å². The van der Waals surface area contributed by atoms with Crippen LogP contribution in [0, 0.1) is 6.92 Å². The summed E-state index contributed by atoms with van der Waals surface area (Å²) in [4.78, 5) is 20.1. The molecule has 166 valence electrons. The SMILES string of the molecule is CCCCCCN(C(C)c1nc2cc(Cl)ccc2c(=O)[nH]1)S(=O)(=O)c1ccc(C)cc1. The molecule has 0 aliphatic heterocycles. The van der Waals surface area contributed by atoms with E-state index in [-0.39, 0.29) is 10.5 Å². The van der Waals surface area contributed by atoms with E-state index in [0.717, 1.165) is 31.2 Å². The first-order chi connectivity index (χ1) is 14.7. The minimum absolute atomic E-state index is 0.228. The van der Waals surface area contributed by atoms with Gasteiger partial charge in [0.2, 0.25) is 10.0 Å². The lowest BCUT2D eigenvalue weighted by Crippen LogP contribution is -2.36. The Morgan fingerprint density at radius 2 is 1.81 bits per heavy atom. The van der Waals surface area contributed by atoms with Crippen molar-refractivity contribution in [2.45, 2.75) is 57.4 Å². The standard InChI is InChI=1S/C23H28ClN3O3S/c1-4-5-6-7-14-27(31(29,30)19-11-8-16(2)9-12-19)17(3)22-25-21-15-18(24)10-13-20(21)23(28)26-22/h8-13,15,17H,4-7,14H2,1-3H3,(H,25,26,28). The van der Waals surface area contributed by atoms with Crippen molar-refractivity contribution in [1.82, 2.24) is 14.3 Å². The van der Waals surface area contributed by atoms with Gasteiger partial charge < -0.3 is 4.98 Å². The molecule has 0 saturated heterocycles. The highest BCUT2D eigenvalue weighted by atomic mass is 35.5. The van der Waals surface area contributed by atoms with Crippen molar-refractivity contribution >= 4 is 32.5 Å². The third-order valence-corrected chi connectivity index (χ3v) is 7.59. The number of fused-ring (bicyclic) bond motifs is 1. The van der Waals surface area contributed by atoms with Crippen LogP contribution < -0.4 is 5.56 Å². The molecule has 1 atom stereocenters. The van der Waals surface area contributed by atoms with E-state index in [4.69, 9.17) is 11.6 Å². The van der Waals surface area contributed by atoms with Gasteiger partial charge in [-0.15, -0.1) is 0 Å². The number of rotatable bonds is 9. The number of halogens is 1. The second-order valence-electron chi connectivity index (χ2n) is 7.78. The Kier molecular flexibility index (Phi) is 7.51. The number of hydrogen-bond acceptors (Lipinski definition) is 4. The van der Waals surface area contributed by atoms with Gasteiger partial charge in [-0.05, 0) is 50.6 Å². The van der Waals surface area contributed by atoms with Crippen molar-refractivity contribution in [3.8, 4) is 0 Å². The average Bonchev–Trinajstić information content (AvgIpc) is 2.73. The van der Waals surface area contributed by atoms with Gasteiger partial charge in [0.1, 0.15) is 5.82 Å². The summed E-state index contributed by atoms with van der Waals surface area (Å²) in [5.41, 5.74) is 1.11. The molecule has 1 aromatic heterocycles. The third-order valence-electron chi connectivity index (χ3n) is 5.37. The number of aromatic nitrogens is 2. The van der Waals surface area contributed by atoms with Gasteiger partial charge in [0.25, 0.3) is 5.56 Å². The second kappa shape index (κ2) is 9.94. The molecular weight excluding hydrogens is 434 g/mol. The summed E-state index contributed by atoms with van der Waals surface area (Å²) in [6, 6.07) is 11.0. The molecule has 31 heavy (non-hydrogen) atoms. The van der Waals surface area contributed by atoms with E-state index in [0.29, 0.717) is 28.3 Å². The molecule has 0 saturated carbocycles. The predicted octanol–water partition coefficient (Wildman–Crippen LogP) is 5.22. The molecule has 3 aromatic rings. The Hall–Kier alpha value is -2.22. The van der Waals surface area contributed by atoms with Gasteiger partial charge in [-0.2, -0.15) is 4.31 Å². The van der Waals surface area contributed by atoms with Crippen LogP contribution in [-0.2, 0) is 10.0 Å². The van der Waals surface area contributed by atoms with E-state index < -0.39 is 16.1 Å². The van der Waals surface area contributed by atoms with Crippen molar-refractivity contribution in [2.24, 2.45) is 0 Å². The van der Waals surface area contributed by atoms with Crippen LogP contribution in [0.5, 0.6) is 0 Å². The average molecular weight is 462 g/mol. The van der Waals surface area contributed by atoms with E-state index in [1.54, 1.807) is 49.4 Å². The number of unbranched alkanes of at least 4 members (excludes halogenated alkanes) is 3. The summed E-state index contributed by atoms with van der Waals surface area (Å²) in [7, 11) is -3.78. The highest BCUT2D eigenvalue weighted by Gasteiger charge is 2.31. The first-order valence-electron chi connectivity index (χ1n) is 10.5. The molecule has 2 aromatic carbocycles. The zero-order valence-electron chi connectivity index (χ0n) is 18.1. The largest absolute Gasteiger partial charge is 0.309 e. The van der Waals surface area contributed by atoms with Crippen LogP contribution in [0.2, 0.25) is 5.02 Å². The molecule has 1 heterocycles. The maximum Gasteiger partial charge on any atom is 0.258 e. The Bertz CT molecular complexity index is 1210. The molecule has 0 aliphatic carbocycles. The van der Waals surface area contributed by atoms with Crippen LogP contribution >= 0.6 is 11.6 Å². The molecule has 0 amide bonds. The number of aryl methyl sites for hydroxylation is 1. The summed E-state index contributed by atoms with van der Waals surface area (Å²) >= 11 is 6.07. The summed E-state index contributed by atoms with van der Waals surface area (Å²) in [6.45, 7) is 6.11. The smallest absolute Gasteiger partial charge is 0.258 e. The number of aromatic amines is 1. The first-order valence-corrected chi connectivity index (χ1v) is 12.3. The molecule has 1 unspecified atom stereocenters. The number of hydrogen-bond donors (Lipinski definition) is 1. The lowest BCUT2D eigenvalue weighted by molar-refractivity contribution is 0.323. The van der Waals surface area contributed by atoms with Gasteiger partial charge >= 0.3 is 0 Å². The van der Waals surface area contributed by atoms with Gasteiger partial charge in [0, 0.05) is 11.6 Å². The molecule has 0 spiro atoms. The fraction of sp³-hybridized carbons (Fsp3) is 0.391. The zero-order valence-corrected chi connectivity index (χ0v) is 19.6. The number of sulfonamides is 1. The van der Waals surface area contributed by atoms with Gasteiger partial charge in [-0.25, -0.2) is 13.4 Å². The fourth-order valence-electron chi connectivity index (χ4n) is 3.53. The van der Waals surface area contributed by atoms with E-state index in [2.05, 4.69) is 16.9 Å². The third kappa shape index (κ3) is 5.34. The lowest BCUT2D eigenvalue weighted by atomic mass is 10.2. The number of H-pyrrole nitrogens is 1. The van der Waals surface area contributed by atoms with E-state index in [1.807, 2.05) is 6.92 Å². The van der Waals surface area contributed by atoms with Crippen molar-refractivity contribution in [3.05, 3.63) is 69.2 Å². The number of nitrogens with one attached hydrogen (secondary N) is 1. The minimum Gasteiger partial charge on any atom is -0.309 e. The maximum atomic E-state index is 13.5. The summed E-state index contributed by atoms with van der Waals surface area (Å²) in [6.07, 6.45) is 3.75. The van der Waals surface area contributed by atoms with Crippen LogP contribution in [0.1, 0.15) is 57.0 Å². The zero-order chi connectivity index (χ0) is 22.6. The highest BCUT2D eigenvalue weighted by molar-refractivity contribution is 7.89. The van der Waals surface area contributed by atoms with E-state index >= 15 is 0 Å². The Labute approximate surface area is 188 Å². The Morgan fingerprint density at radius 3 is 2.48 bits per heavy atom.